The van der Waals surface area contributed by atoms with E-state index in [4.69, 9.17) is 4.74 Å². The quantitative estimate of drug-likeness (QED) is 0.501. The minimum atomic E-state index is -0.545. The van der Waals surface area contributed by atoms with Crippen molar-refractivity contribution in [1.29, 1.82) is 0 Å². The van der Waals surface area contributed by atoms with E-state index in [9.17, 15) is 9.59 Å². The van der Waals surface area contributed by atoms with E-state index in [2.05, 4.69) is 31.5 Å². The molecule has 1 aliphatic rings. The van der Waals surface area contributed by atoms with Crippen LogP contribution in [0.25, 0.3) is 0 Å². The largest absolute Gasteiger partial charge is 0.495 e. The molecule has 1 saturated heterocycles. The van der Waals surface area contributed by atoms with E-state index >= 15 is 0 Å². The number of hydrogen-bond acceptors (Lipinski definition) is 6. The molecule has 0 saturated carbocycles. The summed E-state index contributed by atoms with van der Waals surface area (Å²) in [7, 11) is 1.69. The van der Waals surface area contributed by atoms with Crippen molar-refractivity contribution in [3.63, 3.8) is 0 Å². The number of anilines is 3. The van der Waals surface area contributed by atoms with Gasteiger partial charge >= 0.3 is 0 Å². The molecule has 0 bridgehead atoms. The van der Waals surface area contributed by atoms with Gasteiger partial charge in [-0.2, -0.15) is 0 Å². The van der Waals surface area contributed by atoms with Gasteiger partial charge in [-0.05, 0) is 42.0 Å². The Hall–Kier alpha value is -4.07. The molecule has 2 amide bonds. The first-order chi connectivity index (χ1) is 17.8. The van der Waals surface area contributed by atoms with Crippen molar-refractivity contribution in [3.8, 4) is 5.75 Å². The number of carbonyl (C=O) groups excluding carboxylic acids is 2. The van der Waals surface area contributed by atoms with Gasteiger partial charge in [0, 0.05) is 61.9 Å². The average Bonchev–Trinajstić information content (AvgIpc) is 2.92. The topological polar surface area (TPSA) is 86.8 Å². The van der Waals surface area contributed by atoms with Gasteiger partial charge in [0.25, 0.3) is 5.91 Å². The van der Waals surface area contributed by atoms with Gasteiger partial charge in [-0.15, -0.1) is 0 Å². The maximum absolute atomic E-state index is 13.4. The number of hydrogen-bond donors (Lipinski definition) is 2. The minimum absolute atomic E-state index is 0.104. The molecular weight excluding hydrogens is 466 g/mol. The summed E-state index contributed by atoms with van der Waals surface area (Å²) in [6, 6.07) is 17.3. The van der Waals surface area contributed by atoms with Gasteiger partial charge in [-0.25, -0.2) is 0 Å². The van der Waals surface area contributed by atoms with E-state index in [-0.39, 0.29) is 11.8 Å². The molecule has 194 valence electrons. The van der Waals surface area contributed by atoms with Crippen molar-refractivity contribution in [3.05, 3.63) is 78.1 Å². The van der Waals surface area contributed by atoms with Crippen LogP contribution in [-0.4, -0.2) is 50.1 Å². The molecule has 0 unspecified atom stereocenters. The zero-order valence-corrected chi connectivity index (χ0v) is 22.0. The number of piperazine rings is 1. The van der Waals surface area contributed by atoms with Crippen LogP contribution in [0.15, 0.2) is 67.0 Å². The van der Waals surface area contributed by atoms with Crippen LogP contribution in [0.1, 0.15) is 36.7 Å². The number of amides is 2. The Kier molecular flexibility index (Phi) is 7.96. The fourth-order valence-electron chi connectivity index (χ4n) is 4.25. The fourth-order valence-corrected chi connectivity index (χ4v) is 4.25. The van der Waals surface area contributed by atoms with Gasteiger partial charge in [0.2, 0.25) is 5.91 Å². The Morgan fingerprint density at radius 1 is 0.946 bits per heavy atom. The van der Waals surface area contributed by atoms with Gasteiger partial charge in [0.05, 0.1) is 18.4 Å². The predicted molar refractivity (Wildman–Crippen MR) is 147 cm³/mol. The molecule has 0 atom stereocenters. The first kappa shape index (κ1) is 26.0. The molecule has 0 aliphatic carbocycles. The lowest BCUT2D eigenvalue weighted by molar-refractivity contribution is -0.123. The predicted octanol–water partition coefficient (Wildman–Crippen LogP) is 4.33. The summed E-state index contributed by atoms with van der Waals surface area (Å²) in [6.07, 6.45) is 3.44. The van der Waals surface area contributed by atoms with Crippen LogP contribution >= 0.6 is 0 Å². The average molecular weight is 502 g/mol. The molecule has 1 aliphatic heterocycles. The van der Waals surface area contributed by atoms with Crippen LogP contribution < -0.4 is 25.2 Å². The Bertz CT molecular complexity index is 1230. The second-order valence-corrected chi connectivity index (χ2v) is 10.1. The highest BCUT2D eigenvalue weighted by atomic mass is 16.5. The number of nitrogens with zero attached hydrogens (tertiary/aromatic N) is 3. The minimum Gasteiger partial charge on any atom is -0.495 e. The maximum atomic E-state index is 13.4. The van der Waals surface area contributed by atoms with E-state index in [1.807, 2.05) is 63.2 Å². The maximum Gasteiger partial charge on any atom is 0.253 e. The SMILES string of the molecule is COc1ccccc1N1CCN(c2ccc(NC(=O)C(C)(C)C)cc2C(=O)NCc2cccnc2)CC1. The number of aromatic nitrogens is 1. The number of para-hydroxylation sites is 2. The molecule has 2 N–H and O–H groups in total. The molecule has 4 rings (SSSR count). The van der Waals surface area contributed by atoms with Crippen molar-refractivity contribution >= 4 is 28.9 Å². The smallest absolute Gasteiger partial charge is 0.253 e. The normalized spacial score (nSPS) is 13.7. The van der Waals surface area contributed by atoms with E-state index in [1.54, 1.807) is 25.6 Å². The number of rotatable bonds is 7. The fraction of sp³-hybridized carbons (Fsp3) is 0.345. The van der Waals surface area contributed by atoms with Crippen LogP contribution in [0.5, 0.6) is 5.75 Å². The number of carbonyl (C=O) groups is 2. The summed E-state index contributed by atoms with van der Waals surface area (Å²) in [5.41, 5.74) is 3.41. The molecule has 2 aromatic carbocycles. The summed E-state index contributed by atoms with van der Waals surface area (Å²) in [6.45, 7) is 9.02. The van der Waals surface area contributed by atoms with Crippen molar-refractivity contribution in [2.45, 2.75) is 27.3 Å². The van der Waals surface area contributed by atoms with Gasteiger partial charge in [0.15, 0.2) is 0 Å². The van der Waals surface area contributed by atoms with Crippen LogP contribution in [0, 0.1) is 5.41 Å². The standard InChI is InChI=1S/C29H35N5O3/c1-29(2,3)28(36)32-22-11-12-24(23(18-22)27(35)31-20-21-8-7-13-30-19-21)33-14-16-34(17-15-33)25-9-5-6-10-26(25)37-4/h5-13,18-19H,14-17,20H2,1-4H3,(H,31,35)(H,32,36). The molecular formula is C29H35N5O3. The molecule has 3 aromatic rings. The highest BCUT2D eigenvalue weighted by Crippen LogP contribution is 2.31. The summed E-state index contributed by atoms with van der Waals surface area (Å²) in [5, 5.41) is 5.96. The third-order valence-electron chi connectivity index (χ3n) is 6.40. The molecule has 8 heteroatoms. The number of ether oxygens (including phenoxy) is 1. The summed E-state index contributed by atoms with van der Waals surface area (Å²) in [5.74, 6) is 0.552. The lowest BCUT2D eigenvalue weighted by atomic mass is 9.95. The summed E-state index contributed by atoms with van der Waals surface area (Å²) in [4.78, 5) is 34.6. The number of nitrogens with one attached hydrogen (secondary N) is 2. The Morgan fingerprint density at radius 3 is 2.30 bits per heavy atom. The Balaban J connectivity index is 1.55. The monoisotopic (exact) mass is 501 g/mol. The Morgan fingerprint density at radius 2 is 1.65 bits per heavy atom. The second-order valence-electron chi connectivity index (χ2n) is 10.1. The Labute approximate surface area is 218 Å². The molecule has 1 fully saturated rings. The van der Waals surface area contributed by atoms with Crippen LogP contribution in [0.3, 0.4) is 0 Å². The highest BCUT2D eigenvalue weighted by molar-refractivity contribution is 6.02. The molecule has 8 nitrogen and oxygen atoms in total. The van der Waals surface area contributed by atoms with E-state index in [0.29, 0.717) is 17.8 Å². The molecule has 0 radical (unpaired) electrons. The van der Waals surface area contributed by atoms with E-state index < -0.39 is 5.41 Å². The summed E-state index contributed by atoms with van der Waals surface area (Å²) >= 11 is 0. The van der Waals surface area contributed by atoms with Crippen LogP contribution in [0.2, 0.25) is 0 Å². The molecule has 2 heterocycles. The lowest BCUT2D eigenvalue weighted by Gasteiger charge is -2.38. The van der Waals surface area contributed by atoms with Crippen molar-refractivity contribution < 1.29 is 14.3 Å². The zero-order valence-electron chi connectivity index (χ0n) is 22.0. The van der Waals surface area contributed by atoms with Gasteiger partial charge in [-0.3, -0.25) is 14.6 Å². The summed E-state index contributed by atoms with van der Waals surface area (Å²) < 4.78 is 5.55. The number of pyridine rings is 1. The third kappa shape index (κ3) is 6.39. The first-order valence-electron chi connectivity index (χ1n) is 12.5. The van der Waals surface area contributed by atoms with E-state index in [0.717, 1.165) is 48.9 Å². The zero-order chi connectivity index (χ0) is 26.4. The highest BCUT2D eigenvalue weighted by Gasteiger charge is 2.25. The van der Waals surface area contributed by atoms with Crippen LogP contribution in [0.4, 0.5) is 17.1 Å². The van der Waals surface area contributed by atoms with Gasteiger partial charge in [0.1, 0.15) is 5.75 Å². The molecule has 0 spiro atoms. The first-order valence-corrected chi connectivity index (χ1v) is 12.5. The van der Waals surface area contributed by atoms with Crippen molar-refractivity contribution in [2.75, 3.05) is 48.4 Å². The van der Waals surface area contributed by atoms with Gasteiger partial charge in [-0.1, -0.05) is 39.0 Å². The molecule has 37 heavy (non-hydrogen) atoms. The van der Waals surface area contributed by atoms with Crippen molar-refractivity contribution in [2.24, 2.45) is 5.41 Å². The number of benzene rings is 2. The third-order valence-corrected chi connectivity index (χ3v) is 6.40. The van der Waals surface area contributed by atoms with E-state index in [1.165, 1.54) is 0 Å². The van der Waals surface area contributed by atoms with Crippen LogP contribution in [-0.2, 0) is 11.3 Å². The lowest BCUT2D eigenvalue weighted by Crippen LogP contribution is -2.47. The number of methoxy groups -OCH3 is 1. The molecule has 1 aromatic heterocycles. The second kappa shape index (κ2) is 11.3. The van der Waals surface area contributed by atoms with Gasteiger partial charge < -0.3 is 25.2 Å². The van der Waals surface area contributed by atoms with Crippen molar-refractivity contribution in [1.82, 2.24) is 10.3 Å².